The first-order valence-corrected chi connectivity index (χ1v) is 6.21. The standard InChI is InChI=1S/C16H10O5/c1-7(17)8-5-6-11(19)14-13(8)15(20)9-3-2-4-10(18)12(9)16(14)21/h2-6,18-19H,1H3. The highest BCUT2D eigenvalue weighted by atomic mass is 16.3. The van der Waals surface area contributed by atoms with Crippen LogP contribution in [-0.4, -0.2) is 27.6 Å². The maximum atomic E-state index is 12.6. The van der Waals surface area contributed by atoms with Crippen LogP contribution in [0.2, 0.25) is 0 Å². The van der Waals surface area contributed by atoms with E-state index >= 15 is 0 Å². The van der Waals surface area contributed by atoms with Crippen LogP contribution in [0, 0.1) is 0 Å². The van der Waals surface area contributed by atoms with Gasteiger partial charge in [0.05, 0.1) is 11.1 Å². The number of carbonyl (C=O) groups excluding carboxylic acids is 3. The van der Waals surface area contributed by atoms with E-state index in [1.165, 1.54) is 37.3 Å². The van der Waals surface area contributed by atoms with Crippen LogP contribution in [0.1, 0.15) is 49.1 Å². The van der Waals surface area contributed by atoms with Gasteiger partial charge in [0, 0.05) is 16.7 Å². The van der Waals surface area contributed by atoms with Crippen molar-refractivity contribution >= 4 is 17.3 Å². The minimum absolute atomic E-state index is 0.0283. The zero-order valence-corrected chi connectivity index (χ0v) is 11.0. The highest BCUT2D eigenvalue weighted by Crippen LogP contribution is 2.37. The second-order valence-electron chi connectivity index (χ2n) is 4.80. The van der Waals surface area contributed by atoms with Gasteiger partial charge in [-0.25, -0.2) is 0 Å². The van der Waals surface area contributed by atoms with E-state index in [0.29, 0.717) is 0 Å². The molecule has 5 nitrogen and oxygen atoms in total. The summed E-state index contributed by atoms with van der Waals surface area (Å²) in [7, 11) is 0. The molecule has 0 atom stereocenters. The van der Waals surface area contributed by atoms with Crippen molar-refractivity contribution < 1.29 is 24.6 Å². The van der Waals surface area contributed by atoms with Crippen molar-refractivity contribution in [1.82, 2.24) is 0 Å². The summed E-state index contributed by atoms with van der Waals surface area (Å²) in [5.74, 6) is -2.32. The van der Waals surface area contributed by atoms with Crippen molar-refractivity contribution in [3.8, 4) is 11.5 Å². The van der Waals surface area contributed by atoms with E-state index in [4.69, 9.17) is 0 Å². The van der Waals surface area contributed by atoms with Gasteiger partial charge in [0.25, 0.3) is 0 Å². The molecule has 0 saturated carbocycles. The smallest absolute Gasteiger partial charge is 0.201 e. The molecule has 3 rings (SSSR count). The quantitative estimate of drug-likeness (QED) is 0.667. The van der Waals surface area contributed by atoms with E-state index in [0.717, 1.165) is 0 Å². The summed E-state index contributed by atoms with van der Waals surface area (Å²) in [4.78, 5) is 36.7. The second-order valence-corrected chi connectivity index (χ2v) is 4.80. The van der Waals surface area contributed by atoms with Gasteiger partial charge in [-0.05, 0) is 25.1 Å². The van der Waals surface area contributed by atoms with E-state index in [9.17, 15) is 24.6 Å². The van der Waals surface area contributed by atoms with Crippen molar-refractivity contribution in [2.45, 2.75) is 6.92 Å². The molecular formula is C16H10O5. The maximum Gasteiger partial charge on any atom is 0.201 e. The Labute approximate surface area is 119 Å². The number of phenols is 2. The molecule has 0 unspecified atom stereocenters. The average Bonchev–Trinajstić information content (AvgIpc) is 2.43. The number of fused-ring (bicyclic) bond motifs is 2. The van der Waals surface area contributed by atoms with Gasteiger partial charge in [-0.3, -0.25) is 14.4 Å². The number of aromatic hydroxyl groups is 2. The first kappa shape index (κ1) is 13.1. The number of rotatable bonds is 1. The summed E-state index contributed by atoms with van der Waals surface area (Å²) >= 11 is 0. The zero-order valence-electron chi connectivity index (χ0n) is 11.0. The SMILES string of the molecule is CC(=O)c1ccc(O)c2c1C(=O)c1cccc(O)c1C2=O. The molecule has 0 radical (unpaired) electrons. The molecule has 2 N–H and O–H groups in total. The molecule has 0 aliphatic heterocycles. The zero-order chi connectivity index (χ0) is 15.3. The number of hydrogen-bond acceptors (Lipinski definition) is 5. The first-order valence-electron chi connectivity index (χ1n) is 6.21. The molecule has 1 aliphatic rings. The van der Waals surface area contributed by atoms with E-state index in [-0.39, 0.29) is 45.1 Å². The van der Waals surface area contributed by atoms with Crippen molar-refractivity contribution in [2.75, 3.05) is 0 Å². The summed E-state index contributed by atoms with van der Waals surface area (Å²) < 4.78 is 0. The van der Waals surface area contributed by atoms with E-state index in [2.05, 4.69) is 0 Å². The monoisotopic (exact) mass is 282 g/mol. The van der Waals surface area contributed by atoms with Crippen LogP contribution in [0.3, 0.4) is 0 Å². The minimum Gasteiger partial charge on any atom is -0.507 e. The Morgan fingerprint density at radius 3 is 2.19 bits per heavy atom. The number of ketones is 3. The van der Waals surface area contributed by atoms with Crippen LogP contribution in [0.4, 0.5) is 0 Å². The molecule has 2 aromatic rings. The predicted molar refractivity (Wildman–Crippen MR) is 73.1 cm³/mol. The molecule has 0 fully saturated rings. The Bertz CT molecular complexity index is 833. The molecule has 21 heavy (non-hydrogen) atoms. The van der Waals surface area contributed by atoms with E-state index < -0.39 is 11.6 Å². The lowest BCUT2D eigenvalue weighted by Gasteiger charge is -2.20. The summed E-state index contributed by atoms with van der Waals surface area (Å²) in [6, 6.07) is 6.66. The fraction of sp³-hybridized carbons (Fsp3) is 0.0625. The summed E-state index contributed by atoms with van der Waals surface area (Å²) in [6.07, 6.45) is 0. The largest absolute Gasteiger partial charge is 0.507 e. The van der Waals surface area contributed by atoms with Crippen LogP contribution in [-0.2, 0) is 0 Å². The van der Waals surface area contributed by atoms with Gasteiger partial charge in [0.15, 0.2) is 11.6 Å². The fourth-order valence-corrected chi connectivity index (χ4v) is 2.58. The third-order valence-electron chi connectivity index (χ3n) is 3.53. The maximum absolute atomic E-state index is 12.6. The highest BCUT2D eigenvalue weighted by Gasteiger charge is 2.36. The Balaban J connectivity index is 2.43. The first-order chi connectivity index (χ1) is 9.93. The Hall–Kier alpha value is -2.95. The van der Waals surface area contributed by atoms with Crippen LogP contribution in [0.25, 0.3) is 0 Å². The third-order valence-corrected chi connectivity index (χ3v) is 3.53. The lowest BCUT2D eigenvalue weighted by molar-refractivity contribution is 0.0964. The molecule has 1 aliphatic carbocycles. The number of Topliss-reactive ketones (excluding diaryl/α,β-unsaturated/α-hetero) is 1. The van der Waals surface area contributed by atoms with Crippen molar-refractivity contribution in [2.24, 2.45) is 0 Å². The lowest BCUT2D eigenvalue weighted by Crippen LogP contribution is -2.23. The molecule has 0 aromatic heterocycles. The lowest BCUT2D eigenvalue weighted by atomic mass is 9.80. The van der Waals surface area contributed by atoms with E-state index in [1.54, 1.807) is 0 Å². The number of benzene rings is 2. The van der Waals surface area contributed by atoms with Gasteiger partial charge in [-0.2, -0.15) is 0 Å². The van der Waals surface area contributed by atoms with Crippen molar-refractivity contribution in [3.05, 3.63) is 58.1 Å². The van der Waals surface area contributed by atoms with Crippen LogP contribution in [0.15, 0.2) is 30.3 Å². The van der Waals surface area contributed by atoms with Gasteiger partial charge in [-0.1, -0.05) is 12.1 Å². The van der Waals surface area contributed by atoms with Crippen LogP contribution >= 0.6 is 0 Å². The van der Waals surface area contributed by atoms with Gasteiger partial charge < -0.3 is 10.2 Å². The van der Waals surface area contributed by atoms with Gasteiger partial charge in [0.2, 0.25) is 5.78 Å². The highest BCUT2D eigenvalue weighted by molar-refractivity contribution is 6.32. The Morgan fingerprint density at radius 2 is 1.52 bits per heavy atom. The Kier molecular flexibility index (Phi) is 2.66. The molecule has 2 aromatic carbocycles. The summed E-state index contributed by atoms with van der Waals surface area (Å²) in [5.41, 5.74) is -0.381. The molecular weight excluding hydrogens is 272 g/mol. The normalized spacial score (nSPS) is 12.8. The molecule has 104 valence electrons. The van der Waals surface area contributed by atoms with Gasteiger partial charge in [-0.15, -0.1) is 0 Å². The van der Waals surface area contributed by atoms with Crippen LogP contribution < -0.4 is 0 Å². The molecule has 0 bridgehead atoms. The number of carbonyl (C=O) groups is 3. The summed E-state index contributed by atoms with van der Waals surface area (Å²) in [6.45, 7) is 1.28. The minimum atomic E-state index is -0.668. The Morgan fingerprint density at radius 1 is 0.857 bits per heavy atom. The molecule has 0 saturated heterocycles. The fourth-order valence-electron chi connectivity index (χ4n) is 2.58. The third kappa shape index (κ3) is 1.67. The number of phenolic OH excluding ortho intramolecular Hbond substituents is 2. The van der Waals surface area contributed by atoms with Crippen LogP contribution in [0.5, 0.6) is 11.5 Å². The molecule has 0 amide bonds. The average molecular weight is 282 g/mol. The summed E-state index contributed by atoms with van der Waals surface area (Å²) in [5, 5.41) is 19.7. The van der Waals surface area contributed by atoms with Crippen molar-refractivity contribution in [3.63, 3.8) is 0 Å². The number of hydrogen-bond donors (Lipinski definition) is 2. The topological polar surface area (TPSA) is 91.7 Å². The van der Waals surface area contributed by atoms with Gasteiger partial charge >= 0.3 is 0 Å². The van der Waals surface area contributed by atoms with E-state index in [1.807, 2.05) is 0 Å². The molecule has 0 heterocycles. The van der Waals surface area contributed by atoms with Gasteiger partial charge in [0.1, 0.15) is 11.5 Å². The second kappa shape index (κ2) is 4.28. The molecule has 5 heteroatoms. The van der Waals surface area contributed by atoms with Crippen molar-refractivity contribution in [1.29, 1.82) is 0 Å². The predicted octanol–water partition coefficient (Wildman–Crippen LogP) is 2.08. The molecule has 0 spiro atoms.